The van der Waals surface area contributed by atoms with Gasteiger partial charge in [0.15, 0.2) is 5.16 Å². The van der Waals surface area contributed by atoms with Gasteiger partial charge in [0.2, 0.25) is 5.91 Å². The summed E-state index contributed by atoms with van der Waals surface area (Å²) in [6.07, 6.45) is -3.64. The summed E-state index contributed by atoms with van der Waals surface area (Å²) in [7, 11) is 0. The molecule has 6 nitrogen and oxygen atoms in total. The van der Waals surface area contributed by atoms with E-state index in [0.29, 0.717) is 5.56 Å². The van der Waals surface area contributed by atoms with Gasteiger partial charge < -0.3 is 9.88 Å². The molecular weight excluding hydrogens is 446 g/mol. The van der Waals surface area contributed by atoms with Crippen LogP contribution in [0, 0.1) is 31.0 Å². The lowest BCUT2D eigenvalue weighted by atomic mass is 10.2. The number of aromatic nitrogens is 3. The van der Waals surface area contributed by atoms with Crippen LogP contribution >= 0.6 is 11.8 Å². The minimum Gasteiger partial charge on any atom is -0.326 e. The highest BCUT2D eigenvalue weighted by molar-refractivity contribution is 7.99. The number of alkyl halides is 3. The number of nitriles is 1. The van der Waals surface area contributed by atoms with Crippen molar-refractivity contribution in [3.63, 3.8) is 0 Å². The van der Waals surface area contributed by atoms with E-state index in [1.54, 1.807) is 30.5 Å². The van der Waals surface area contributed by atoms with Gasteiger partial charge in [-0.25, -0.2) is 14.4 Å². The largest absolute Gasteiger partial charge is 0.433 e. The molecule has 0 spiro atoms. The van der Waals surface area contributed by atoms with Crippen molar-refractivity contribution < 1.29 is 22.4 Å². The van der Waals surface area contributed by atoms with Crippen LogP contribution in [0.15, 0.2) is 41.7 Å². The van der Waals surface area contributed by atoms with Gasteiger partial charge in [0, 0.05) is 18.4 Å². The van der Waals surface area contributed by atoms with Gasteiger partial charge in [0.1, 0.15) is 23.4 Å². The van der Waals surface area contributed by atoms with E-state index in [2.05, 4.69) is 21.4 Å². The lowest BCUT2D eigenvalue weighted by molar-refractivity contribution is -0.141. The van der Waals surface area contributed by atoms with Crippen LogP contribution in [0.3, 0.4) is 0 Å². The van der Waals surface area contributed by atoms with Crippen LogP contribution in [0.2, 0.25) is 0 Å². The first-order valence-corrected chi connectivity index (χ1v) is 10.3. The summed E-state index contributed by atoms with van der Waals surface area (Å²) in [5.74, 6) is -0.909. The summed E-state index contributed by atoms with van der Waals surface area (Å²) in [5.41, 5.74) is 1.37. The first-order valence-electron chi connectivity index (χ1n) is 9.27. The lowest BCUT2D eigenvalue weighted by Crippen LogP contribution is -2.19. The molecule has 1 aromatic carbocycles. The minimum absolute atomic E-state index is 0.190. The SMILES string of the molecule is Cc1c(C#N)c(NC(=O)CSc2nccc(C(F)(F)F)n2)n(Cc2ccc(F)cc2)c1C. The molecular formula is C21H17F4N5OS. The van der Waals surface area contributed by atoms with Crippen molar-refractivity contribution in [2.45, 2.75) is 31.7 Å². The van der Waals surface area contributed by atoms with Crippen LogP contribution in [0.4, 0.5) is 23.4 Å². The smallest absolute Gasteiger partial charge is 0.326 e. The normalized spacial score (nSPS) is 11.3. The minimum atomic E-state index is -4.61. The number of nitrogens with zero attached hydrogens (tertiary/aromatic N) is 4. The molecule has 0 aliphatic carbocycles. The maximum Gasteiger partial charge on any atom is 0.433 e. The zero-order valence-electron chi connectivity index (χ0n) is 17.0. The van der Waals surface area contributed by atoms with E-state index < -0.39 is 17.8 Å². The van der Waals surface area contributed by atoms with Crippen molar-refractivity contribution in [2.24, 2.45) is 0 Å². The van der Waals surface area contributed by atoms with Gasteiger partial charge in [-0.2, -0.15) is 18.4 Å². The predicted octanol–water partition coefficient (Wildman–Crippen LogP) is 4.70. The van der Waals surface area contributed by atoms with Crippen LogP contribution in [0.25, 0.3) is 0 Å². The number of carbonyl (C=O) groups excluding carboxylic acids is 1. The molecule has 0 bridgehead atoms. The average molecular weight is 463 g/mol. The molecule has 2 heterocycles. The molecule has 0 aliphatic rings. The first-order chi connectivity index (χ1) is 15.1. The van der Waals surface area contributed by atoms with Gasteiger partial charge in [0.05, 0.1) is 11.3 Å². The molecule has 0 saturated carbocycles. The molecule has 0 aliphatic heterocycles. The van der Waals surface area contributed by atoms with E-state index in [4.69, 9.17) is 0 Å². The van der Waals surface area contributed by atoms with Gasteiger partial charge in [-0.3, -0.25) is 4.79 Å². The van der Waals surface area contributed by atoms with E-state index in [-0.39, 0.29) is 34.7 Å². The molecule has 0 fully saturated rings. The standard InChI is InChI=1S/C21H17F4N5OS/c1-12-13(2)30(10-14-3-5-15(22)6-4-14)19(16(12)9-26)29-18(31)11-32-20-27-8-7-17(28-20)21(23,24)25/h3-8H,10-11H2,1-2H3,(H,29,31). The van der Waals surface area contributed by atoms with Crippen molar-refractivity contribution >= 4 is 23.5 Å². The Bertz CT molecular complexity index is 1180. The third kappa shape index (κ3) is 5.26. The number of benzene rings is 1. The molecule has 0 radical (unpaired) electrons. The zero-order chi connectivity index (χ0) is 23.5. The Morgan fingerprint density at radius 3 is 2.53 bits per heavy atom. The molecule has 3 aromatic rings. The number of nitrogens with one attached hydrogen (secondary N) is 1. The van der Waals surface area contributed by atoms with Crippen molar-refractivity contribution in [3.8, 4) is 6.07 Å². The first kappa shape index (κ1) is 23.3. The Morgan fingerprint density at radius 1 is 1.22 bits per heavy atom. The number of thioether (sulfide) groups is 1. The third-order valence-corrected chi connectivity index (χ3v) is 5.57. The van der Waals surface area contributed by atoms with Crippen LogP contribution in [-0.4, -0.2) is 26.2 Å². The van der Waals surface area contributed by atoms with Crippen LogP contribution < -0.4 is 5.32 Å². The van der Waals surface area contributed by atoms with Crippen molar-refractivity contribution in [1.82, 2.24) is 14.5 Å². The Balaban J connectivity index is 1.79. The number of hydrogen-bond donors (Lipinski definition) is 1. The van der Waals surface area contributed by atoms with Gasteiger partial charge in [-0.05, 0) is 43.2 Å². The van der Waals surface area contributed by atoms with Crippen molar-refractivity contribution in [3.05, 3.63) is 70.4 Å². The van der Waals surface area contributed by atoms with Crippen LogP contribution in [0.5, 0.6) is 0 Å². The molecule has 1 amide bonds. The highest BCUT2D eigenvalue weighted by atomic mass is 32.2. The maximum absolute atomic E-state index is 13.2. The molecule has 166 valence electrons. The fourth-order valence-corrected chi connectivity index (χ4v) is 3.60. The maximum atomic E-state index is 13.2. The second kappa shape index (κ2) is 9.40. The number of anilines is 1. The van der Waals surface area contributed by atoms with Crippen LogP contribution in [-0.2, 0) is 17.5 Å². The van der Waals surface area contributed by atoms with Gasteiger partial charge in [-0.1, -0.05) is 23.9 Å². The predicted molar refractivity (Wildman–Crippen MR) is 111 cm³/mol. The van der Waals surface area contributed by atoms with E-state index >= 15 is 0 Å². The molecule has 0 atom stereocenters. The number of carbonyl (C=O) groups is 1. The topological polar surface area (TPSA) is 83.6 Å². The quantitative estimate of drug-likeness (QED) is 0.325. The summed E-state index contributed by atoms with van der Waals surface area (Å²) in [6.45, 7) is 3.82. The molecule has 2 aromatic heterocycles. The highest BCUT2D eigenvalue weighted by Gasteiger charge is 2.32. The lowest BCUT2D eigenvalue weighted by Gasteiger charge is -2.13. The molecule has 1 N–H and O–H groups in total. The molecule has 3 rings (SSSR count). The van der Waals surface area contributed by atoms with Crippen LogP contribution in [0.1, 0.15) is 28.1 Å². The fourth-order valence-electron chi connectivity index (χ4n) is 2.97. The summed E-state index contributed by atoms with van der Waals surface area (Å²) >= 11 is 0.746. The molecule has 32 heavy (non-hydrogen) atoms. The number of hydrogen-bond acceptors (Lipinski definition) is 5. The zero-order valence-corrected chi connectivity index (χ0v) is 17.8. The summed E-state index contributed by atoms with van der Waals surface area (Å²) < 4.78 is 53.3. The van der Waals surface area contributed by atoms with Gasteiger partial charge >= 0.3 is 6.18 Å². The van der Waals surface area contributed by atoms with E-state index in [9.17, 15) is 27.6 Å². The second-order valence-electron chi connectivity index (χ2n) is 6.82. The molecule has 11 heteroatoms. The van der Waals surface area contributed by atoms with E-state index in [1.807, 2.05) is 0 Å². The Kier molecular flexibility index (Phi) is 6.84. The monoisotopic (exact) mass is 463 g/mol. The van der Waals surface area contributed by atoms with Gasteiger partial charge in [0.25, 0.3) is 0 Å². The number of rotatable bonds is 6. The van der Waals surface area contributed by atoms with E-state index in [0.717, 1.165) is 35.3 Å². The molecule has 0 unspecified atom stereocenters. The Morgan fingerprint density at radius 2 is 1.91 bits per heavy atom. The fraction of sp³-hybridized carbons (Fsp3) is 0.238. The highest BCUT2D eigenvalue weighted by Crippen LogP contribution is 2.29. The summed E-state index contributed by atoms with van der Waals surface area (Å²) in [6, 6.07) is 8.65. The Labute approximate surface area is 185 Å². The number of amides is 1. The van der Waals surface area contributed by atoms with Crippen molar-refractivity contribution in [1.29, 1.82) is 5.26 Å². The molecule has 0 saturated heterocycles. The second-order valence-corrected chi connectivity index (χ2v) is 7.76. The number of halogens is 4. The van der Waals surface area contributed by atoms with E-state index in [1.165, 1.54) is 12.1 Å². The average Bonchev–Trinajstić information content (AvgIpc) is 2.97. The summed E-state index contributed by atoms with van der Waals surface area (Å²) in [4.78, 5) is 19.7. The van der Waals surface area contributed by atoms with Crippen molar-refractivity contribution in [2.75, 3.05) is 11.1 Å². The Hall–Kier alpha value is -3.39. The third-order valence-electron chi connectivity index (χ3n) is 4.71. The van der Waals surface area contributed by atoms with Gasteiger partial charge in [-0.15, -0.1) is 0 Å². The summed E-state index contributed by atoms with van der Waals surface area (Å²) in [5, 5.41) is 12.0.